The molecule has 1 saturated heterocycles. The zero-order chi connectivity index (χ0) is 26.4. The van der Waals surface area contributed by atoms with Crippen LogP contribution in [-0.2, 0) is 31.6 Å². The van der Waals surface area contributed by atoms with E-state index in [1.165, 1.54) is 6.07 Å². The van der Waals surface area contributed by atoms with Gasteiger partial charge < -0.3 is 35.2 Å². The predicted molar refractivity (Wildman–Crippen MR) is 104 cm³/mol. The van der Waals surface area contributed by atoms with Crippen LogP contribution in [0, 0.1) is 6.08 Å². The maximum atomic E-state index is 15.0. The molecule has 1 fully saturated rings. The van der Waals surface area contributed by atoms with E-state index in [0.29, 0.717) is 0 Å². The number of rotatable bonds is 9. The van der Waals surface area contributed by atoms with Crippen LogP contribution in [0.3, 0.4) is 0 Å². The van der Waals surface area contributed by atoms with Gasteiger partial charge in [0.25, 0.3) is 0 Å². The molecule has 2 unspecified atom stereocenters. The van der Waals surface area contributed by atoms with Gasteiger partial charge >= 0.3 is 29.5 Å². The molecular formula is C11H14F2N7O12P3. The van der Waals surface area contributed by atoms with Gasteiger partial charge in [-0.25, -0.2) is 22.6 Å². The zero-order valence-electron chi connectivity index (χ0n) is 16.5. The smallest absolute Gasteiger partial charge is 0.387 e. The van der Waals surface area contributed by atoms with Gasteiger partial charge in [0.05, 0.1) is 12.3 Å². The number of ether oxygens (including phenoxy) is 1. The minimum atomic E-state index is -5.90. The van der Waals surface area contributed by atoms with Crippen LogP contribution in [0.25, 0.3) is 16.0 Å². The topological polar surface area (TPSA) is 294 Å². The largest absolute Gasteiger partial charge is 0.490 e. The molecule has 194 valence electrons. The number of hydrogen-bond donors (Lipinski definition) is 6. The molecule has 0 aromatic carbocycles. The van der Waals surface area contributed by atoms with E-state index in [-0.39, 0.29) is 17.0 Å². The number of aromatic nitrogens is 3. The van der Waals surface area contributed by atoms with Gasteiger partial charge in [0.15, 0.2) is 17.7 Å². The Morgan fingerprint density at radius 3 is 2.51 bits per heavy atom. The van der Waals surface area contributed by atoms with E-state index in [4.69, 9.17) is 25.8 Å². The molecule has 1 aliphatic rings. The Morgan fingerprint density at radius 2 is 1.91 bits per heavy atom. The lowest BCUT2D eigenvalue weighted by atomic mass is 10.0. The maximum Gasteiger partial charge on any atom is 0.490 e. The molecule has 35 heavy (non-hydrogen) atoms. The minimum Gasteiger partial charge on any atom is -0.387 e. The number of aliphatic hydroxyl groups excluding tert-OH is 1. The molecule has 6 atom stereocenters. The number of hydrogen-bond acceptors (Lipinski definition) is 12. The van der Waals surface area contributed by atoms with Crippen molar-refractivity contribution in [2.24, 2.45) is 5.11 Å². The summed E-state index contributed by atoms with van der Waals surface area (Å²) in [5, 5.41) is 16.8. The number of aliphatic hydroxyl groups is 1. The van der Waals surface area contributed by atoms with Crippen molar-refractivity contribution < 1.29 is 65.0 Å². The van der Waals surface area contributed by atoms with Crippen molar-refractivity contribution in [2.75, 3.05) is 12.3 Å². The number of anilines is 1. The van der Waals surface area contributed by atoms with Gasteiger partial charge in [0.2, 0.25) is 0 Å². The SMILES string of the molecule is [N-]=[N+]=N[C@@]1(COP(=O)(O)OP(=O)(O)OP(=O)(O)O)O[C@@H](c2ccc3c(N)nc(F)nn23)[C@H](F)[C@@H]1O. The van der Waals surface area contributed by atoms with Crippen LogP contribution in [0.2, 0.25) is 0 Å². The molecule has 0 spiro atoms. The van der Waals surface area contributed by atoms with Crippen LogP contribution in [0.4, 0.5) is 14.6 Å². The second-order valence-electron chi connectivity index (χ2n) is 6.65. The van der Waals surface area contributed by atoms with Crippen molar-refractivity contribution in [2.45, 2.75) is 24.1 Å². The highest BCUT2D eigenvalue weighted by Gasteiger charge is 2.57. The maximum absolute atomic E-state index is 15.0. The van der Waals surface area contributed by atoms with Gasteiger partial charge in [-0.2, -0.15) is 18.0 Å². The Kier molecular flexibility index (Phi) is 7.40. The standard InChI is InChI=1S/C11H14F2N7O12P3/c12-6-7(4-1-2-5-9(14)16-10(13)17-20(4)5)30-11(8(6)21,18-19-15)3-29-34(25,26)32-35(27,28)31-33(22,23)24/h1-2,6-8,21H,3H2,(H,25,26)(H,27,28)(H2,14,16,17)(H2,22,23,24)/t6-,7-,8-,11-/m0/s1. The van der Waals surface area contributed by atoms with Gasteiger partial charge in [-0.05, 0) is 17.7 Å². The molecule has 0 radical (unpaired) electrons. The fraction of sp³-hybridized carbons (Fsp3) is 0.455. The lowest BCUT2D eigenvalue weighted by Crippen LogP contribution is -2.44. The number of alkyl halides is 1. The van der Waals surface area contributed by atoms with Gasteiger partial charge in [0.1, 0.15) is 17.7 Å². The average Bonchev–Trinajstić information content (AvgIpc) is 3.19. The molecule has 3 heterocycles. The molecule has 1 aliphatic heterocycles. The second-order valence-corrected chi connectivity index (χ2v) is 11.1. The fourth-order valence-corrected chi connectivity index (χ4v) is 6.05. The first kappa shape index (κ1) is 27.5. The van der Waals surface area contributed by atoms with E-state index in [0.717, 1.165) is 10.6 Å². The third-order valence-corrected chi connectivity index (χ3v) is 8.06. The highest BCUT2D eigenvalue weighted by atomic mass is 31.3. The van der Waals surface area contributed by atoms with E-state index in [2.05, 4.69) is 33.3 Å². The summed E-state index contributed by atoms with van der Waals surface area (Å²) in [5.41, 5.74) is 11.3. The molecule has 0 amide bonds. The molecule has 2 aromatic heterocycles. The van der Waals surface area contributed by atoms with Gasteiger partial charge in [-0.15, -0.1) is 5.10 Å². The number of halogens is 2. The first-order valence-corrected chi connectivity index (χ1v) is 13.2. The molecule has 24 heteroatoms. The summed E-state index contributed by atoms with van der Waals surface area (Å²) in [5.74, 6) is -0.341. The van der Waals surface area contributed by atoms with Crippen molar-refractivity contribution >= 4 is 34.8 Å². The molecule has 0 saturated carbocycles. The van der Waals surface area contributed by atoms with Crippen molar-refractivity contribution in [3.05, 3.63) is 34.3 Å². The number of fused-ring (bicyclic) bond motifs is 1. The number of nitrogens with two attached hydrogens (primary N) is 1. The quantitative estimate of drug-likeness (QED) is 0.104. The van der Waals surface area contributed by atoms with E-state index < -0.39 is 60.3 Å². The molecule has 2 aromatic rings. The number of phosphoric ester groups is 1. The molecule has 0 aliphatic carbocycles. The van der Waals surface area contributed by atoms with E-state index in [1.807, 2.05) is 0 Å². The Bertz CT molecular complexity index is 1330. The molecular weight excluding hydrogens is 553 g/mol. The van der Waals surface area contributed by atoms with Crippen LogP contribution >= 0.6 is 23.5 Å². The average molecular weight is 567 g/mol. The minimum absolute atomic E-state index is 0.00115. The predicted octanol–water partition coefficient (Wildman–Crippen LogP) is 0.571. The highest BCUT2D eigenvalue weighted by molar-refractivity contribution is 7.66. The summed E-state index contributed by atoms with van der Waals surface area (Å²) in [6.07, 6.45) is -8.04. The van der Waals surface area contributed by atoms with Gasteiger partial charge in [-0.3, -0.25) is 4.52 Å². The second kappa shape index (κ2) is 9.42. The van der Waals surface area contributed by atoms with Crippen molar-refractivity contribution in [3.8, 4) is 0 Å². The zero-order valence-corrected chi connectivity index (χ0v) is 19.2. The first-order chi connectivity index (χ1) is 16.0. The van der Waals surface area contributed by atoms with Crippen molar-refractivity contribution in [1.82, 2.24) is 14.6 Å². The van der Waals surface area contributed by atoms with Crippen molar-refractivity contribution in [3.63, 3.8) is 0 Å². The third-order valence-electron chi connectivity index (χ3n) is 4.28. The van der Waals surface area contributed by atoms with Gasteiger partial charge in [0, 0.05) is 4.91 Å². The third kappa shape index (κ3) is 6.02. The van der Waals surface area contributed by atoms with Crippen LogP contribution < -0.4 is 5.73 Å². The highest BCUT2D eigenvalue weighted by Crippen LogP contribution is 2.66. The monoisotopic (exact) mass is 567 g/mol. The number of nitrogens with zero attached hydrogens (tertiary/aromatic N) is 6. The van der Waals surface area contributed by atoms with E-state index in [1.54, 1.807) is 0 Å². The fourth-order valence-electron chi connectivity index (χ4n) is 3.00. The summed E-state index contributed by atoms with van der Waals surface area (Å²) in [6.45, 7) is -1.51. The number of azide groups is 1. The van der Waals surface area contributed by atoms with Crippen LogP contribution in [0.1, 0.15) is 11.8 Å². The number of nitrogen functional groups attached to an aromatic ring is 1. The number of phosphoric acid groups is 3. The lowest BCUT2D eigenvalue weighted by Gasteiger charge is -2.27. The Balaban J connectivity index is 1.88. The summed E-state index contributed by atoms with van der Waals surface area (Å²) < 4.78 is 80.1. The summed E-state index contributed by atoms with van der Waals surface area (Å²) in [7, 11) is -17.3. The van der Waals surface area contributed by atoms with Crippen LogP contribution in [0.15, 0.2) is 17.2 Å². The normalized spacial score (nSPS) is 28.4. The Hall–Kier alpha value is -2.08. The van der Waals surface area contributed by atoms with E-state index in [9.17, 15) is 33.0 Å². The summed E-state index contributed by atoms with van der Waals surface area (Å²) >= 11 is 0. The molecule has 19 nitrogen and oxygen atoms in total. The Labute approximate surface area is 191 Å². The summed E-state index contributed by atoms with van der Waals surface area (Å²) in [6, 6.07) is 2.39. The molecule has 0 bridgehead atoms. The van der Waals surface area contributed by atoms with Crippen LogP contribution in [-0.4, -0.2) is 63.9 Å². The van der Waals surface area contributed by atoms with Crippen LogP contribution in [0.5, 0.6) is 0 Å². The van der Waals surface area contributed by atoms with Gasteiger partial charge in [-0.1, -0.05) is 5.11 Å². The van der Waals surface area contributed by atoms with Crippen molar-refractivity contribution in [1.29, 1.82) is 0 Å². The Morgan fingerprint density at radius 1 is 1.26 bits per heavy atom. The first-order valence-electron chi connectivity index (χ1n) is 8.64. The lowest BCUT2D eigenvalue weighted by molar-refractivity contribution is -0.106. The molecule has 7 N–H and O–H groups in total. The molecule has 3 rings (SSSR count). The van der Waals surface area contributed by atoms with E-state index >= 15 is 4.39 Å². The summed E-state index contributed by atoms with van der Waals surface area (Å²) in [4.78, 5) is 41.5.